The van der Waals surface area contributed by atoms with Gasteiger partial charge in [0, 0.05) is 23.0 Å². The Morgan fingerprint density at radius 1 is 0.915 bits per heavy atom. The number of benzene rings is 4. The summed E-state index contributed by atoms with van der Waals surface area (Å²) in [6.07, 6.45) is 0.210. The summed E-state index contributed by atoms with van der Waals surface area (Å²) in [6.45, 7) is 6.92. The fourth-order valence-corrected chi connectivity index (χ4v) is 7.12. The topological polar surface area (TPSA) is 96.0 Å². The van der Waals surface area contributed by atoms with Gasteiger partial charge in [-0.2, -0.15) is 0 Å². The number of carbonyl (C=O) groups excluding carboxylic acids is 2. The Kier molecular flexibility index (Phi) is 11.8. The van der Waals surface area contributed by atoms with Gasteiger partial charge in [0.1, 0.15) is 18.3 Å². The summed E-state index contributed by atoms with van der Waals surface area (Å²) in [4.78, 5) is 30.1. The van der Waals surface area contributed by atoms with Crippen LogP contribution in [-0.2, 0) is 32.6 Å². The lowest BCUT2D eigenvalue weighted by atomic mass is 10.0. The molecule has 47 heavy (non-hydrogen) atoms. The van der Waals surface area contributed by atoms with Crippen molar-refractivity contribution in [3.63, 3.8) is 0 Å². The van der Waals surface area contributed by atoms with Gasteiger partial charge in [-0.05, 0) is 81.3 Å². The number of hydrogen-bond acceptors (Lipinski definition) is 5. The highest BCUT2D eigenvalue weighted by Gasteiger charge is 2.36. The summed E-state index contributed by atoms with van der Waals surface area (Å²) >= 11 is 9.96. The third-order valence-corrected chi connectivity index (χ3v) is 9.90. The lowest BCUT2D eigenvalue weighted by Crippen LogP contribution is -2.56. The summed E-state index contributed by atoms with van der Waals surface area (Å²) in [5.74, 6) is -0.574. The number of aryl methyl sites for hydroxylation is 1. The van der Waals surface area contributed by atoms with Crippen LogP contribution in [-0.4, -0.2) is 50.4 Å². The Bertz CT molecular complexity index is 1810. The molecule has 0 radical (unpaired) electrons. The van der Waals surface area contributed by atoms with Crippen molar-refractivity contribution in [2.45, 2.75) is 57.1 Å². The van der Waals surface area contributed by atoms with Gasteiger partial charge in [-0.15, -0.1) is 0 Å². The van der Waals surface area contributed by atoms with Crippen molar-refractivity contribution in [2.75, 3.05) is 18.0 Å². The zero-order chi connectivity index (χ0) is 34.4. The van der Waals surface area contributed by atoms with Crippen LogP contribution in [0.2, 0.25) is 5.02 Å². The van der Waals surface area contributed by atoms with E-state index >= 15 is 0 Å². The molecule has 4 aromatic carbocycles. The number of halogens is 2. The first kappa shape index (κ1) is 36.0. The summed E-state index contributed by atoms with van der Waals surface area (Å²) in [6, 6.07) is 26.8. The van der Waals surface area contributed by atoms with Crippen molar-refractivity contribution < 1.29 is 22.7 Å². The molecular weight excluding hydrogens is 702 g/mol. The molecule has 0 fully saturated rings. The Balaban J connectivity index is 1.84. The second-order valence-corrected chi connectivity index (χ2v) is 15.4. The average Bonchev–Trinajstić information content (AvgIpc) is 3.01. The van der Waals surface area contributed by atoms with E-state index in [0.717, 1.165) is 25.5 Å². The van der Waals surface area contributed by atoms with E-state index in [9.17, 15) is 18.0 Å². The number of amides is 2. The number of carbonyl (C=O) groups is 2. The maximum atomic E-state index is 14.6. The van der Waals surface area contributed by atoms with Gasteiger partial charge in [-0.25, -0.2) is 8.42 Å². The van der Waals surface area contributed by atoms with E-state index in [2.05, 4.69) is 21.2 Å². The first-order chi connectivity index (χ1) is 22.2. The molecule has 1 N–H and O–H groups in total. The first-order valence-corrected chi connectivity index (χ1v) is 17.6. The second kappa shape index (κ2) is 15.4. The Labute approximate surface area is 290 Å². The number of methoxy groups -OCH3 is 1. The van der Waals surface area contributed by atoms with Gasteiger partial charge < -0.3 is 15.0 Å². The average molecular weight is 741 g/mol. The van der Waals surface area contributed by atoms with Crippen LogP contribution < -0.4 is 14.4 Å². The van der Waals surface area contributed by atoms with Gasteiger partial charge in [-0.3, -0.25) is 13.9 Å². The molecule has 0 aliphatic heterocycles. The third-order valence-electron chi connectivity index (χ3n) is 7.32. The number of nitrogens with one attached hydrogen (secondary N) is 1. The molecule has 0 aromatic heterocycles. The summed E-state index contributed by atoms with van der Waals surface area (Å²) in [5.41, 5.74) is 2.07. The molecule has 0 unspecified atom stereocenters. The Hall–Kier alpha value is -3.86. The second-order valence-electron chi connectivity index (χ2n) is 12.2. The van der Waals surface area contributed by atoms with Gasteiger partial charge in [0.2, 0.25) is 11.8 Å². The van der Waals surface area contributed by atoms with Crippen LogP contribution in [0.25, 0.3) is 0 Å². The molecule has 0 bridgehead atoms. The first-order valence-electron chi connectivity index (χ1n) is 15.0. The van der Waals surface area contributed by atoms with Crippen LogP contribution in [0.3, 0.4) is 0 Å². The van der Waals surface area contributed by atoms with Crippen LogP contribution in [0.4, 0.5) is 5.69 Å². The molecule has 2 amide bonds. The SMILES string of the molecule is COc1ccc(N(CC(=O)N(Cc2cccc(Br)c2)[C@@H](Cc2ccccc2)C(=O)NC(C)(C)C)S(=O)(=O)c2ccc(C)cc2)cc1Cl. The fraction of sp³-hybridized carbons (Fsp3) is 0.278. The van der Waals surface area contributed by atoms with Crippen molar-refractivity contribution in [1.82, 2.24) is 10.2 Å². The van der Waals surface area contributed by atoms with Crippen LogP contribution in [0, 0.1) is 6.92 Å². The number of anilines is 1. The lowest BCUT2D eigenvalue weighted by molar-refractivity contribution is -0.140. The molecule has 0 spiro atoms. The molecule has 4 aromatic rings. The van der Waals surface area contributed by atoms with Crippen LogP contribution in [0.1, 0.15) is 37.5 Å². The predicted octanol–water partition coefficient (Wildman–Crippen LogP) is 7.17. The number of sulfonamides is 1. The largest absolute Gasteiger partial charge is 0.495 e. The quantitative estimate of drug-likeness (QED) is 0.166. The smallest absolute Gasteiger partial charge is 0.264 e. The maximum Gasteiger partial charge on any atom is 0.264 e. The molecule has 0 heterocycles. The number of rotatable bonds is 12. The Morgan fingerprint density at radius 2 is 1.57 bits per heavy atom. The summed E-state index contributed by atoms with van der Waals surface area (Å²) < 4.78 is 35.6. The van der Waals surface area contributed by atoms with Gasteiger partial charge in [-0.1, -0.05) is 87.7 Å². The standard InChI is InChI=1S/C36H39BrClN3O5S/c1-25-14-17-30(18-15-25)47(44,45)41(29-16-19-33(46-5)31(38)22-29)24-34(42)40(23-27-12-9-13-28(37)20-27)32(35(43)39-36(2,3)4)21-26-10-7-6-8-11-26/h6-20,22,32H,21,23-24H2,1-5H3,(H,39,43)/t32-/m0/s1. The molecule has 11 heteroatoms. The highest BCUT2D eigenvalue weighted by atomic mass is 79.9. The number of nitrogens with zero attached hydrogens (tertiary/aromatic N) is 2. The van der Waals surface area contributed by atoms with E-state index in [0.29, 0.717) is 5.75 Å². The fourth-order valence-electron chi connectivity index (χ4n) is 5.02. The zero-order valence-electron chi connectivity index (χ0n) is 27.0. The van der Waals surface area contributed by atoms with E-state index in [1.165, 1.54) is 36.3 Å². The molecule has 0 saturated heterocycles. The van der Waals surface area contributed by atoms with E-state index in [-0.39, 0.29) is 34.5 Å². The molecule has 248 valence electrons. The lowest BCUT2D eigenvalue weighted by Gasteiger charge is -2.35. The molecule has 1 atom stereocenters. The van der Waals surface area contributed by atoms with E-state index in [1.807, 2.05) is 82.3 Å². The molecule has 0 saturated carbocycles. The van der Waals surface area contributed by atoms with Crippen LogP contribution in [0.5, 0.6) is 5.75 Å². The zero-order valence-corrected chi connectivity index (χ0v) is 30.2. The van der Waals surface area contributed by atoms with E-state index < -0.39 is 34.1 Å². The minimum atomic E-state index is -4.27. The molecular formula is C36H39BrClN3O5S. The van der Waals surface area contributed by atoms with Crippen molar-refractivity contribution in [1.29, 1.82) is 0 Å². The van der Waals surface area contributed by atoms with Crippen LogP contribution in [0.15, 0.2) is 106 Å². The normalized spacial score (nSPS) is 12.2. The minimum Gasteiger partial charge on any atom is -0.495 e. The third kappa shape index (κ3) is 9.59. The molecule has 0 aliphatic rings. The van der Waals surface area contributed by atoms with Gasteiger partial charge >= 0.3 is 0 Å². The molecule has 4 rings (SSSR count). The predicted molar refractivity (Wildman–Crippen MR) is 190 cm³/mol. The molecule has 8 nitrogen and oxygen atoms in total. The monoisotopic (exact) mass is 739 g/mol. The number of ether oxygens (including phenoxy) is 1. The Morgan fingerprint density at radius 3 is 2.17 bits per heavy atom. The van der Waals surface area contributed by atoms with Gasteiger partial charge in [0.15, 0.2) is 0 Å². The molecule has 0 aliphatic carbocycles. The van der Waals surface area contributed by atoms with Crippen molar-refractivity contribution in [3.8, 4) is 5.75 Å². The number of hydrogen-bond donors (Lipinski definition) is 1. The highest BCUT2D eigenvalue weighted by Crippen LogP contribution is 2.32. The van der Waals surface area contributed by atoms with Crippen LogP contribution >= 0.6 is 27.5 Å². The summed E-state index contributed by atoms with van der Waals surface area (Å²) in [7, 11) is -2.81. The van der Waals surface area contributed by atoms with E-state index in [4.69, 9.17) is 16.3 Å². The van der Waals surface area contributed by atoms with Crippen molar-refractivity contribution in [3.05, 3.63) is 123 Å². The van der Waals surface area contributed by atoms with E-state index in [1.54, 1.807) is 18.2 Å². The maximum absolute atomic E-state index is 14.6. The summed E-state index contributed by atoms with van der Waals surface area (Å²) in [5, 5.41) is 3.21. The van der Waals surface area contributed by atoms with Gasteiger partial charge in [0.05, 0.1) is 22.7 Å². The highest BCUT2D eigenvalue weighted by molar-refractivity contribution is 9.10. The minimum absolute atomic E-state index is 0.00712. The van der Waals surface area contributed by atoms with Crippen molar-refractivity contribution >= 4 is 55.1 Å². The van der Waals surface area contributed by atoms with Crippen molar-refractivity contribution in [2.24, 2.45) is 0 Å². The van der Waals surface area contributed by atoms with Gasteiger partial charge in [0.25, 0.3) is 10.0 Å².